The molecule has 2 aromatic rings. The lowest BCUT2D eigenvalue weighted by atomic mass is 10.1. The summed E-state index contributed by atoms with van der Waals surface area (Å²) in [5.74, 6) is 0.587. The topological polar surface area (TPSA) is 43.8 Å². The number of anilines is 1. The van der Waals surface area contributed by atoms with Gasteiger partial charge in [-0.15, -0.1) is 0 Å². The summed E-state index contributed by atoms with van der Waals surface area (Å²) in [5, 5.41) is 4.10. The Morgan fingerprint density at radius 3 is 2.41 bits per heavy atom. The second-order valence-corrected chi connectivity index (χ2v) is 4.74. The maximum Gasteiger partial charge on any atom is 0.263 e. The molecule has 90 valence electrons. The first-order chi connectivity index (χ1) is 8.08. The average Bonchev–Trinajstić information content (AvgIpc) is 2.62. The van der Waals surface area contributed by atoms with Crippen molar-refractivity contribution in [3.8, 4) is 0 Å². The highest BCUT2D eigenvalue weighted by molar-refractivity contribution is 14.1. The lowest BCUT2D eigenvalue weighted by molar-refractivity contribution is 0.151. The van der Waals surface area contributed by atoms with E-state index >= 15 is 0 Å². The van der Waals surface area contributed by atoms with Gasteiger partial charge in [-0.3, -0.25) is 0 Å². The molecule has 1 aromatic heterocycles. The molecule has 0 radical (unpaired) electrons. The monoisotopic (exact) mass is 349 g/mol. The van der Waals surface area contributed by atoms with E-state index in [9.17, 15) is 8.78 Å². The molecule has 0 unspecified atom stereocenters. The summed E-state index contributed by atoms with van der Waals surface area (Å²) in [6.45, 7) is 0.484. The van der Waals surface area contributed by atoms with E-state index in [1.165, 1.54) is 12.1 Å². The first-order valence-corrected chi connectivity index (χ1v) is 5.99. The van der Waals surface area contributed by atoms with Crippen molar-refractivity contribution in [3.05, 3.63) is 45.2 Å². The van der Waals surface area contributed by atoms with Gasteiger partial charge in [-0.05, 0) is 28.2 Å². The van der Waals surface area contributed by atoms with Crippen LogP contribution in [0.5, 0.6) is 0 Å². The van der Waals surface area contributed by atoms with E-state index in [-0.39, 0.29) is 5.56 Å². The van der Waals surface area contributed by atoms with Gasteiger partial charge in [0.15, 0.2) is 0 Å². The second-order valence-electron chi connectivity index (χ2n) is 3.58. The fourth-order valence-electron chi connectivity index (χ4n) is 1.44. The lowest BCUT2D eigenvalue weighted by Crippen LogP contribution is -2.06. The van der Waals surface area contributed by atoms with E-state index < -0.39 is 6.43 Å². The Morgan fingerprint density at radius 1 is 1.29 bits per heavy atom. The van der Waals surface area contributed by atoms with Crippen LogP contribution < -0.4 is 5.73 Å². The van der Waals surface area contributed by atoms with E-state index in [0.29, 0.717) is 12.4 Å². The van der Waals surface area contributed by atoms with E-state index in [2.05, 4.69) is 27.7 Å². The molecule has 0 aliphatic carbocycles. The van der Waals surface area contributed by atoms with Crippen molar-refractivity contribution in [2.75, 3.05) is 5.73 Å². The Morgan fingerprint density at radius 2 is 1.94 bits per heavy atom. The van der Waals surface area contributed by atoms with Gasteiger partial charge in [-0.1, -0.05) is 24.3 Å². The Hall–Kier alpha value is -1.18. The third kappa shape index (κ3) is 2.74. The fourth-order valence-corrected chi connectivity index (χ4v) is 1.84. The Balaban J connectivity index is 2.17. The maximum absolute atomic E-state index is 12.4. The summed E-state index contributed by atoms with van der Waals surface area (Å²) >= 11 is 2.09. The van der Waals surface area contributed by atoms with Crippen LogP contribution in [0.15, 0.2) is 30.5 Å². The van der Waals surface area contributed by atoms with Crippen LogP contribution in [0.1, 0.15) is 17.6 Å². The summed E-state index contributed by atoms with van der Waals surface area (Å²) in [7, 11) is 0. The van der Waals surface area contributed by atoms with Gasteiger partial charge in [0.25, 0.3) is 6.43 Å². The number of nitrogens with two attached hydrogens (primary N) is 1. The van der Waals surface area contributed by atoms with E-state index in [1.54, 1.807) is 23.0 Å². The number of aromatic nitrogens is 2. The standard InChI is InChI=1S/C11H10F2IN3/c12-10(13)8-3-1-7(2-4-8)6-17-11(15)9(14)5-16-17/h1-5,10H,6,15H2. The van der Waals surface area contributed by atoms with E-state index in [1.807, 2.05) is 0 Å². The molecule has 6 heteroatoms. The van der Waals surface area contributed by atoms with Crippen LogP contribution in [0.3, 0.4) is 0 Å². The number of halogens is 3. The molecule has 0 aliphatic rings. The predicted octanol–water partition coefficient (Wildman–Crippen LogP) is 3.06. The number of nitrogen functional groups attached to an aromatic ring is 1. The third-order valence-corrected chi connectivity index (χ3v) is 3.23. The number of alkyl halides is 2. The average molecular weight is 349 g/mol. The summed E-state index contributed by atoms with van der Waals surface area (Å²) in [6, 6.07) is 6.17. The Bertz CT molecular complexity index is 508. The van der Waals surface area contributed by atoms with Crippen LogP contribution in [-0.2, 0) is 6.54 Å². The number of hydrogen-bond donors (Lipinski definition) is 1. The normalized spacial score (nSPS) is 11.1. The molecule has 1 aromatic carbocycles. The molecule has 3 nitrogen and oxygen atoms in total. The van der Waals surface area contributed by atoms with Crippen LogP contribution in [0.2, 0.25) is 0 Å². The molecule has 0 amide bonds. The van der Waals surface area contributed by atoms with E-state index in [4.69, 9.17) is 5.73 Å². The molecule has 1 heterocycles. The summed E-state index contributed by atoms with van der Waals surface area (Å²) < 4.78 is 27.2. The predicted molar refractivity (Wildman–Crippen MR) is 69.9 cm³/mol. The molecule has 0 saturated heterocycles. The minimum Gasteiger partial charge on any atom is -0.383 e. The first kappa shape index (κ1) is 12.3. The molecule has 2 rings (SSSR count). The summed E-state index contributed by atoms with van der Waals surface area (Å²) in [6.07, 6.45) is -0.761. The molecule has 2 N–H and O–H groups in total. The highest BCUT2D eigenvalue weighted by Crippen LogP contribution is 2.20. The molecular formula is C11H10F2IN3. The van der Waals surface area contributed by atoms with Crippen LogP contribution in [0.25, 0.3) is 0 Å². The van der Waals surface area contributed by atoms with Crippen LogP contribution in [0, 0.1) is 3.57 Å². The zero-order valence-corrected chi connectivity index (χ0v) is 10.9. The highest BCUT2D eigenvalue weighted by atomic mass is 127. The minimum absolute atomic E-state index is 0.0248. The summed E-state index contributed by atoms with van der Waals surface area (Å²) in [5.41, 5.74) is 6.72. The quantitative estimate of drug-likeness (QED) is 0.866. The molecule has 0 aliphatic heterocycles. The van der Waals surface area contributed by atoms with E-state index in [0.717, 1.165) is 9.13 Å². The molecule has 0 spiro atoms. The van der Waals surface area contributed by atoms with Gasteiger partial charge < -0.3 is 5.73 Å². The minimum atomic E-state index is -2.43. The van der Waals surface area contributed by atoms with Gasteiger partial charge in [-0.25, -0.2) is 13.5 Å². The van der Waals surface area contributed by atoms with Gasteiger partial charge in [-0.2, -0.15) is 5.10 Å². The number of nitrogens with zero attached hydrogens (tertiary/aromatic N) is 2. The Labute approximate surface area is 111 Å². The zero-order valence-electron chi connectivity index (χ0n) is 8.78. The van der Waals surface area contributed by atoms with Crippen molar-refractivity contribution >= 4 is 28.4 Å². The van der Waals surface area contributed by atoms with Gasteiger partial charge in [0.05, 0.1) is 16.3 Å². The molecule has 0 atom stereocenters. The fraction of sp³-hybridized carbons (Fsp3) is 0.182. The van der Waals surface area contributed by atoms with Crippen molar-refractivity contribution in [1.82, 2.24) is 9.78 Å². The van der Waals surface area contributed by atoms with Crippen LogP contribution >= 0.6 is 22.6 Å². The molecule has 0 fully saturated rings. The van der Waals surface area contributed by atoms with Crippen molar-refractivity contribution in [2.24, 2.45) is 0 Å². The number of rotatable bonds is 3. The SMILES string of the molecule is Nc1c(I)cnn1Cc1ccc(C(F)F)cc1. The van der Waals surface area contributed by atoms with Crippen molar-refractivity contribution in [1.29, 1.82) is 0 Å². The van der Waals surface area contributed by atoms with Gasteiger partial charge in [0.1, 0.15) is 5.82 Å². The molecular weight excluding hydrogens is 339 g/mol. The lowest BCUT2D eigenvalue weighted by Gasteiger charge is -2.05. The van der Waals surface area contributed by atoms with Crippen LogP contribution in [0.4, 0.5) is 14.6 Å². The maximum atomic E-state index is 12.4. The smallest absolute Gasteiger partial charge is 0.263 e. The summed E-state index contributed by atoms with van der Waals surface area (Å²) in [4.78, 5) is 0. The van der Waals surface area contributed by atoms with Crippen molar-refractivity contribution < 1.29 is 8.78 Å². The number of hydrogen-bond acceptors (Lipinski definition) is 2. The number of benzene rings is 1. The van der Waals surface area contributed by atoms with Gasteiger partial charge >= 0.3 is 0 Å². The first-order valence-electron chi connectivity index (χ1n) is 4.91. The molecule has 0 saturated carbocycles. The highest BCUT2D eigenvalue weighted by Gasteiger charge is 2.08. The third-order valence-electron chi connectivity index (χ3n) is 2.40. The zero-order chi connectivity index (χ0) is 12.4. The van der Waals surface area contributed by atoms with Gasteiger partial charge in [0, 0.05) is 5.56 Å². The second kappa shape index (κ2) is 4.99. The molecule has 0 bridgehead atoms. The van der Waals surface area contributed by atoms with Crippen molar-refractivity contribution in [3.63, 3.8) is 0 Å². The van der Waals surface area contributed by atoms with Crippen LogP contribution in [-0.4, -0.2) is 9.78 Å². The Kier molecular flexibility index (Phi) is 3.60. The largest absolute Gasteiger partial charge is 0.383 e. The molecule has 17 heavy (non-hydrogen) atoms. The van der Waals surface area contributed by atoms with Gasteiger partial charge in [0.2, 0.25) is 0 Å². The van der Waals surface area contributed by atoms with Crippen molar-refractivity contribution in [2.45, 2.75) is 13.0 Å².